The minimum atomic E-state index is -1.21. The third kappa shape index (κ3) is 2.92. The van der Waals surface area contributed by atoms with Crippen molar-refractivity contribution in [3.05, 3.63) is 59.5 Å². The molecule has 0 bridgehead atoms. The Bertz CT molecular complexity index is 643. The zero-order valence-electron chi connectivity index (χ0n) is 9.63. The largest absolute Gasteiger partial charge is 0.477 e. The molecule has 96 valence electrons. The smallest absolute Gasteiger partial charge is 0.354 e. The van der Waals surface area contributed by atoms with Crippen LogP contribution in [0.2, 0.25) is 0 Å². The number of carbonyl (C=O) groups excluding carboxylic acids is 1. The first-order valence-electron chi connectivity index (χ1n) is 5.34. The molecule has 0 saturated heterocycles. The fourth-order valence-corrected chi connectivity index (χ4v) is 1.45. The lowest BCUT2D eigenvalue weighted by atomic mass is 10.2. The van der Waals surface area contributed by atoms with Crippen LogP contribution in [0.25, 0.3) is 0 Å². The van der Waals surface area contributed by atoms with E-state index < -0.39 is 17.7 Å². The van der Waals surface area contributed by atoms with E-state index in [1.54, 1.807) is 0 Å². The van der Waals surface area contributed by atoms with Gasteiger partial charge in [-0.3, -0.25) is 4.79 Å². The van der Waals surface area contributed by atoms with Crippen molar-refractivity contribution in [1.82, 2.24) is 4.98 Å². The highest BCUT2D eigenvalue weighted by atomic mass is 19.1. The Morgan fingerprint density at radius 1 is 1.11 bits per heavy atom. The van der Waals surface area contributed by atoms with Crippen LogP contribution in [0.3, 0.4) is 0 Å². The summed E-state index contributed by atoms with van der Waals surface area (Å²) in [4.78, 5) is 26.2. The number of pyridine rings is 1. The van der Waals surface area contributed by atoms with Gasteiger partial charge in [0.1, 0.15) is 11.6 Å². The van der Waals surface area contributed by atoms with Crippen LogP contribution in [0, 0.1) is 5.82 Å². The van der Waals surface area contributed by atoms with E-state index in [2.05, 4.69) is 10.3 Å². The van der Waals surface area contributed by atoms with Gasteiger partial charge in [0.2, 0.25) is 0 Å². The van der Waals surface area contributed by atoms with Gasteiger partial charge in [-0.15, -0.1) is 0 Å². The van der Waals surface area contributed by atoms with Crippen LogP contribution in [0.5, 0.6) is 0 Å². The number of nitrogens with one attached hydrogen (secondary N) is 1. The second kappa shape index (κ2) is 5.26. The molecule has 0 spiro atoms. The van der Waals surface area contributed by atoms with Gasteiger partial charge in [0.05, 0.1) is 5.56 Å². The van der Waals surface area contributed by atoms with Crippen molar-refractivity contribution in [3.8, 4) is 0 Å². The van der Waals surface area contributed by atoms with Crippen LogP contribution in [-0.2, 0) is 0 Å². The number of aromatic nitrogens is 1. The van der Waals surface area contributed by atoms with Crippen molar-refractivity contribution in [3.63, 3.8) is 0 Å². The van der Waals surface area contributed by atoms with Crippen molar-refractivity contribution >= 4 is 17.7 Å². The number of hydrogen-bond acceptors (Lipinski definition) is 3. The van der Waals surface area contributed by atoms with Crippen LogP contribution in [0.1, 0.15) is 20.8 Å². The third-order valence-electron chi connectivity index (χ3n) is 2.33. The number of hydrogen-bond donors (Lipinski definition) is 2. The summed E-state index contributed by atoms with van der Waals surface area (Å²) < 4.78 is 13.4. The summed E-state index contributed by atoms with van der Waals surface area (Å²) in [6, 6.07) is 9.63. The van der Waals surface area contributed by atoms with E-state index in [1.807, 2.05) is 0 Å². The van der Waals surface area contributed by atoms with E-state index in [-0.39, 0.29) is 17.1 Å². The first-order chi connectivity index (χ1) is 9.08. The lowest BCUT2D eigenvalue weighted by Gasteiger charge is -2.05. The fourth-order valence-electron chi connectivity index (χ4n) is 1.45. The average molecular weight is 260 g/mol. The van der Waals surface area contributed by atoms with E-state index in [9.17, 15) is 14.0 Å². The molecule has 1 aromatic carbocycles. The average Bonchev–Trinajstić information content (AvgIpc) is 2.39. The molecular weight excluding hydrogens is 251 g/mol. The third-order valence-corrected chi connectivity index (χ3v) is 2.33. The van der Waals surface area contributed by atoms with Crippen molar-refractivity contribution in [2.45, 2.75) is 0 Å². The summed E-state index contributed by atoms with van der Waals surface area (Å²) in [5.74, 6) is -2.50. The molecule has 0 atom stereocenters. The van der Waals surface area contributed by atoms with Gasteiger partial charge in [0, 0.05) is 0 Å². The van der Waals surface area contributed by atoms with E-state index in [0.29, 0.717) is 0 Å². The summed E-state index contributed by atoms with van der Waals surface area (Å²) in [6.45, 7) is 0. The molecule has 1 aromatic heterocycles. The number of carbonyl (C=O) groups is 2. The minimum absolute atomic E-state index is 0.0492. The van der Waals surface area contributed by atoms with Crippen LogP contribution < -0.4 is 5.32 Å². The van der Waals surface area contributed by atoms with Crippen molar-refractivity contribution in [2.75, 3.05) is 5.32 Å². The normalized spacial score (nSPS) is 9.95. The molecule has 0 aliphatic heterocycles. The lowest BCUT2D eigenvalue weighted by Crippen LogP contribution is -2.15. The molecule has 2 aromatic rings. The molecule has 0 aliphatic rings. The SMILES string of the molecule is O=C(O)c1cccc(NC(=O)c2ccccc2F)n1. The quantitative estimate of drug-likeness (QED) is 0.886. The summed E-state index contributed by atoms with van der Waals surface area (Å²) in [6.07, 6.45) is 0. The Labute approximate surface area is 107 Å². The summed E-state index contributed by atoms with van der Waals surface area (Å²) >= 11 is 0. The minimum Gasteiger partial charge on any atom is -0.477 e. The highest BCUT2D eigenvalue weighted by Crippen LogP contribution is 2.10. The van der Waals surface area contributed by atoms with Crippen LogP contribution >= 0.6 is 0 Å². The zero-order valence-corrected chi connectivity index (χ0v) is 9.63. The molecule has 19 heavy (non-hydrogen) atoms. The number of carboxylic acid groups (broad SMARTS) is 1. The Hall–Kier alpha value is -2.76. The maximum atomic E-state index is 13.4. The van der Waals surface area contributed by atoms with Crippen LogP contribution in [0.15, 0.2) is 42.5 Å². The number of nitrogens with zero attached hydrogens (tertiary/aromatic N) is 1. The molecule has 2 rings (SSSR count). The topological polar surface area (TPSA) is 79.3 Å². The summed E-state index contributed by atoms with van der Waals surface area (Å²) in [7, 11) is 0. The predicted octanol–water partition coefficient (Wildman–Crippen LogP) is 2.17. The molecule has 2 N–H and O–H groups in total. The van der Waals surface area contributed by atoms with Gasteiger partial charge in [-0.1, -0.05) is 18.2 Å². The molecule has 0 unspecified atom stereocenters. The number of carboxylic acids is 1. The number of aromatic carboxylic acids is 1. The van der Waals surface area contributed by atoms with Gasteiger partial charge in [-0.2, -0.15) is 0 Å². The van der Waals surface area contributed by atoms with Gasteiger partial charge in [0.15, 0.2) is 5.69 Å². The highest BCUT2D eigenvalue weighted by Gasteiger charge is 2.12. The second-order valence-corrected chi connectivity index (χ2v) is 3.65. The standard InChI is InChI=1S/C13H9FN2O3/c14-9-5-2-1-4-8(9)12(17)16-11-7-3-6-10(15-11)13(18)19/h1-7H,(H,18,19)(H,15,16,17). The molecule has 0 fully saturated rings. The van der Waals surface area contributed by atoms with Crippen molar-refractivity contribution in [1.29, 1.82) is 0 Å². The summed E-state index contributed by atoms with van der Waals surface area (Å²) in [5.41, 5.74) is -0.337. The molecular formula is C13H9FN2O3. The second-order valence-electron chi connectivity index (χ2n) is 3.65. The first-order valence-corrected chi connectivity index (χ1v) is 5.34. The Morgan fingerprint density at radius 2 is 1.84 bits per heavy atom. The van der Waals surface area contributed by atoms with Crippen LogP contribution in [0.4, 0.5) is 10.2 Å². The van der Waals surface area contributed by atoms with Gasteiger partial charge < -0.3 is 10.4 Å². The van der Waals surface area contributed by atoms with E-state index in [4.69, 9.17) is 5.11 Å². The first kappa shape index (κ1) is 12.7. The van der Waals surface area contributed by atoms with Crippen LogP contribution in [-0.4, -0.2) is 22.0 Å². The monoisotopic (exact) mass is 260 g/mol. The Morgan fingerprint density at radius 3 is 2.53 bits per heavy atom. The number of amides is 1. The van der Waals surface area contributed by atoms with Crippen molar-refractivity contribution < 1.29 is 19.1 Å². The Balaban J connectivity index is 2.22. The van der Waals surface area contributed by atoms with E-state index in [0.717, 1.165) is 6.07 Å². The van der Waals surface area contributed by atoms with Gasteiger partial charge in [-0.25, -0.2) is 14.2 Å². The maximum absolute atomic E-state index is 13.4. The molecule has 0 aliphatic carbocycles. The number of rotatable bonds is 3. The lowest BCUT2D eigenvalue weighted by molar-refractivity contribution is 0.0690. The number of anilines is 1. The fraction of sp³-hybridized carbons (Fsp3) is 0. The van der Waals surface area contributed by atoms with E-state index in [1.165, 1.54) is 36.4 Å². The number of benzene rings is 1. The molecule has 1 amide bonds. The Kier molecular flexibility index (Phi) is 3.51. The highest BCUT2D eigenvalue weighted by molar-refractivity contribution is 6.04. The zero-order chi connectivity index (χ0) is 13.8. The van der Waals surface area contributed by atoms with Crippen molar-refractivity contribution in [2.24, 2.45) is 0 Å². The van der Waals surface area contributed by atoms with Gasteiger partial charge in [-0.05, 0) is 24.3 Å². The molecule has 1 heterocycles. The van der Waals surface area contributed by atoms with Gasteiger partial charge >= 0.3 is 5.97 Å². The molecule has 5 nitrogen and oxygen atoms in total. The van der Waals surface area contributed by atoms with Gasteiger partial charge in [0.25, 0.3) is 5.91 Å². The predicted molar refractivity (Wildman–Crippen MR) is 65.5 cm³/mol. The maximum Gasteiger partial charge on any atom is 0.354 e. The molecule has 6 heteroatoms. The van der Waals surface area contributed by atoms with E-state index >= 15 is 0 Å². The molecule has 0 saturated carbocycles. The summed E-state index contributed by atoms with van der Waals surface area (Å²) in [5, 5.41) is 11.1. The number of halogens is 1. The molecule has 0 radical (unpaired) electrons.